The van der Waals surface area contributed by atoms with E-state index in [9.17, 15) is 4.79 Å². The van der Waals surface area contributed by atoms with Crippen LogP contribution < -0.4 is 16.2 Å². The Morgan fingerprint density at radius 2 is 2.18 bits per heavy atom. The van der Waals surface area contributed by atoms with E-state index in [-0.39, 0.29) is 5.91 Å². The Labute approximate surface area is 109 Å². The molecule has 0 spiro atoms. The highest BCUT2D eigenvalue weighted by atomic mass is 79.9. The van der Waals surface area contributed by atoms with Gasteiger partial charge in [0, 0.05) is 11.0 Å². The Kier molecular flexibility index (Phi) is 3.68. The van der Waals surface area contributed by atoms with Crippen molar-refractivity contribution in [2.45, 2.75) is 13.3 Å². The van der Waals surface area contributed by atoms with Gasteiger partial charge in [0.2, 0.25) is 0 Å². The van der Waals surface area contributed by atoms with Gasteiger partial charge in [0.1, 0.15) is 5.70 Å². The van der Waals surface area contributed by atoms with Crippen molar-refractivity contribution < 1.29 is 4.79 Å². The van der Waals surface area contributed by atoms with Crippen molar-refractivity contribution in [3.63, 3.8) is 0 Å². The van der Waals surface area contributed by atoms with Crippen LogP contribution in [0.5, 0.6) is 0 Å². The molecule has 90 valence electrons. The molecule has 0 unspecified atom stereocenters. The topological polar surface area (TPSA) is 53.2 Å². The van der Waals surface area contributed by atoms with Crippen LogP contribution in [0.1, 0.15) is 12.0 Å². The first-order valence-corrected chi connectivity index (χ1v) is 6.22. The summed E-state index contributed by atoms with van der Waals surface area (Å²) in [5, 5.41) is 2.77. The number of anilines is 1. The second kappa shape index (κ2) is 5.23. The molecule has 0 bridgehead atoms. The molecule has 0 aliphatic carbocycles. The van der Waals surface area contributed by atoms with E-state index in [4.69, 9.17) is 0 Å². The largest absolute Gasteiger partial charge is 0.350 e. The molecule has 3 N–H and O–H groups in total. The van der Waals surface area contributed by atoms with Crippen LogP contribution in [-0.4, -0.2) is 12.5 Å². The van der Waals surface area contributed by atoms with Crippen molar-refractivity contribution in [3.05, 3.63) is 40.0 Å². The van der Waals surface area contributed by atoms with E-state index in [0.717, 1.165) is 16.6 Å². The first-order valence-electron chi connectivity index (χ1n) is 5.43. The van der Waals surface area contributed by atoms with Crippen molar-refractivity contribution in [1.29, 1.82) is 0 Å². The maximum atomic E-state index is 11.5. The maximum Gasteiger partial charge on any atom is 0.268 e. The summed E-state index contributed by atoms with van der Waals surface area (Å²) >= 11 is 3.46. The third kappa shape index (κ3) is 3.00. The van der Waals surface area contributed by atoms with Crippen molar-refractivity contribution in [2.75, 3.05) is 12.0 Å². The number of halogens is 1. The molecule has 0 saturated heterocycles. The van der Waals surface area contributed by atoms with Gasteiger partial charge in [-0.1, -0.05) is 12.1 Å². The maximum absolute atomic E-state index is 11.5. The van der Waals surface area contributed by atoms with Gasteiger partial charge in [-0.25, -0.2) is 0 Å². The zero-order valence-electron chi connectivity index (χ0n) is 9.51. The molecule has 2 rings (SSSR count). The van der Waals surface area contributed by atoms with Crippen LogP contribution in [-0.2, 0) is 4.79 Å². The van der Waals surface area contributed by atoms with Crippen molar-refractivity contribution in [1.82, 2.24) is 10.7 Å². The lowest BCUT2D eigenvalue weighted by Crippen LogP contribution is -2.37. The fraction of sp³-hybridized carbons (Fsp3) is 0.250. The minimum Gasteiger partial charge on any atom is -0.350 e. The Morgan fingerprint density at radius 3 is 2.88 bits per heavy atom. The van der Waals surface area contributed by atoms with Crippen LogP contribution in [0.4, 0.5) is 5.69 Å². The Hall–Kier alpha value is -1.49. The molecule has 4 nitrogen and oxygen atoms in total. The van der Waals surface area contributed by atoms with Crippen LogP contribution in [0, 0.1) is 6.92 Å². The monoisotopic (exact) mass is 295 g/mol. The van der Waals surface area contributed by atoms with Gasteiger partial charge < -0.3 is 5.32 Å². The van der Waals surface area contributed by atoms with Crippen LogP contribution in [0.2, 0.25) is 0 Å². The van der Waals surface area contributed by atoms with Crippen molar-refractivity contribution in [3.8, 4) is 0 Å². The molecule has 1 heterocycles. The number of nitrogens with one attached hydrogen (secondary N) is 3. The molecule has 1 aromatic carbocycles. The summed E-state index contributed by atoms with van der Waals surface area (Å²) in [5.74, 6) is -0.0769. The summed E-state index contributed by atoms with van der Waals surface area (Å²) in [6.45, 7) is 2.73. The van der Waals surface area contributed by atoms with E-state index in [1.54, 1.807) is 0 Å². The van der Waals surface area contributed by atoms with E-state index in [1.165, 1.54) is 5.56 Å². The quantitative estimate of drug-likeness (QED) is 0.749. The minimum atomic E-state index is -0.0769. The van der Waals surface area contributed by atoms with Crippen LogP contribution in [0.3, 0.4) is 0 Å². The average Bonchev–Trinajstić information content (AvgIpc) is 2.30. The Balaban J connectivity index is 2.02. The number of benzene rings is 1. The van der Waals surface area contributed by atoms with Crippen LogP contribution >= 0.6 is 15.9 Å². The van der Waals surface area contributed by atoms with Crippen LogP contribution in [0.25, 0.3) is 0 Å². The summed E-state index contributed by atoms with van der Waals surface area (Å²) < 4.78 is 0.960. The predicted octanol–water partition coefficient (Wildman–Crippen LogP) is 2.08. The Bertz CT molecular complexity index is 471. The summed E-state index contributed by atoms with van der Waals surface area (Å²) in [5.41, 5.74) is 8.57. The summed E-state index contributed by atoms with van der Waals surface area (Å²) in [6.07, 6.45) is 2.73. The SMILES string of the molecule is Cc1ccc(NNC2=CCCNC2=O)c(Br)c1. The van der Waals surface area contributed by atoms with Gasteiger partial charge in [0.15, 0.2) is 0 Å². The molecule has 1 aliphatic rings. The lowest BCUT2D eigenvalue weighted by atomic mass is 10.2. The highest BCUT2D eigenvalue weighted by Gasteiger charge is 2.12. The van der Waals surface area contributed by atoms with Gasteiger partial charge in [0.25, 0.3) is 5.91 Å². The molecular weight excluding hydrogens is 282 g/mol. The number of aryl methyl sites for hydroxylation is 1. The lowest BCUT2D eigenvalue weighted by Gasteiger charge is -2.17. The minimum absolute atomic E-state index is 0.0769. The van der Waals surface area contributed by atoms with Gasteiger partial charge in [-0.05, 0) is 47.0 Å². The zero-order valence-corrected chi connectivity index (χ0v) is 11.1. The number of hydrogen-bond acceptors (Lipinski definition) is 3. The second-order valence-electron chi connectivity index (χ2n) is 3.90. The summed E-state index contributed by atoms with van der Waals surface area (Å²) in [6, 6.07) is 5.97. The standard InChI is InChI=1S/C12H14BrN3O/c1-8-4-5-10(9(13)7-8)15-16-11-3-2-6-14-12(11)17/h3-5,7,15-16H,2,6H2,1H3,(H,14,17). The van der Waals surface area contributed by atoms with E-state index < -0.39 is 0 Å². The first kappa shape index (κ1) is 12.0. The fourth-order valence-electron chi connectivity index (χ4n) is 1.55. The number of carbonyl (C=O) groups is 1. The predicted molar refractivity (Wildman–Crippen MR) is 71.3 cm³/mol. The molecule has 1 amide bonds. The number of hydrazine groups is 1. The second-order valence-corrected chi connectivity index (χ2v) is 4.75. The normalized spacial score (nSPS) is 14.9. The summed E-state index contributed by atoms with van der Waals surface area (Å²) in [4.78, 5) is 11.5. The molecule has 0 radical (unpaired) electrons. The number of rotatable bonds is 3. The van der Waals surface area contributed by atoms with Gasteiger partial charge in [-0.15, -0.1) is 0 Å². The molecule has 5 heteroatoms. The molecule has 0 fully saturated rings. The molecule has 1 aromatic rings. The fourth-order valence-corrected chi connectivity index (χ4v) is 2.15. The molecule has 17 heavy (non-hydrogen) atoms. The highest BCUT2D eigenvalue weighted by Crippen LogP contribution is 2.22. The van der Waals surface area contributed by atoms with Crippen molar-refractivity contribution in [2.24, 2.45) is 0 Å². The van der Waals surface area contributed by atoms with E-state index in [0.29, 0.717) is 12.2 Å². The Morgan fingerprint density at radius 1 is 1.35 bits per heavy atom. The van der Waals surface area contributed by atoms with Gasteiger partial charge >= 0.3 is 0 Å². The zero-order chi connectivity index (χ0) is 12.3. The third-order valence-electron chi connectivity index (χ3n) is 2.48. The molecule has 0 aromatic heterocycles. The van der Waals surface area contributed by atoms with Crippen LogP contribution in [0.15, 0.2) is 34.4 Å². The van der Waals surface area contributed by atoms with Gasteiger partial charge in [-0.3, -0.25) is 15.6 Å². The number of carbonyl (C=O) groups excluding carboxylic acids is 1. The van der Waals surface area contributed by atoms with E-state index in [1.807, 2.05) is 31.2 Å². The lowest BCUT2D eigenvalue weighted by molar-refractivity contribution is -0.118. The van der Waals surface area contributed by atoms with E-state index >= 15 is 0 Å². The smallest absolute Gasteiger partial charge is 0.268 e. The number of hydrogen-bond donors (Lipinski definition) is 3. The molecule has 1 aliphatic heterocycles. The highest BCUT2D eigenvalue weighted by molar-refractivity contribution is 9.10. The molecule has 0 saturated carbocycles. The average molecular weight is 296 g/mol. The summed E-state index contributed by atoms with van der Waals surface area (Å²) in [7, 11) is 0. The number of amides is 1. The third-order valence-corrected chi connectivity index (χ3v) is 3.14. The van der Waals surface area contributed by atoms with Gasteiger partial charge in [0.05, 0.1) is 5.69 Å². The van der Waals surface area contributed by atoms with Crippen molar-refractivity contribution >= 4 is 27.5 Å². The van der Waals surface area contributed by atoms with E-state index in [2.05, 4.69) is 32.1 Å². The first-order chi connectivity index (χ1) is 8.16. The molecular formula is C12H14BrN3O. The molecule has 0 atom stereocenters. The van der Waals surface area contributed by atoms with Gasteiger partial charge in [-0.2, -0.15) is 0 Å².